The molecule has 0 aliphatic carbocycles. The van der Waals surface area contributed by atoms with Gasteiger partial charge in [0.25, 0.3) is 0 Å². The average Bonchev–Trinajstić information content (AvgIpc) is 2.89. The van der Waals surface area contributed by atoms with Gasteiger partial charge in [0.05, 0.1) is 5.56 Å². The molecule has 3 aromatic carbocycles. The van der Waals surface area contributed by atoms with Crippen molar-refractivity contribution in [2.24, 2.45) is 4.99 Å². The third-order valence-corrected chi connectivity index (χ3v) is 6.99. The molecule has 2 amide bonds. The molecular formula is C28H27N3O4S. The second-order valence-corrected chi connectivity index (χ2v) is 9.54. The fraction of sp³-hybridized carbons (Fsp3) is 0.214. The van der Waals surface area contributed by atoms with Crippen molar-refractivity contribution in [1.29, 1.82) is 0 Å². The van der Waals surface area contributed by atoms with E-state index >= 15 is 0 Å². The number of hydrogen-bond acceptors (Lipinski definition) is 5. The Morgan fingerprint density at radius 3 is 2.28 bits per heavy atom. The normalized spacial score (nSPS) is 16.7. The quantitative estimate of drug-likeness (QED) is 0.450. The lowest BCUT2D eigenvalue weighted by Crippen LogP contribution is -2.46. The van der Waals surface area contributed by atoms with E-state index in [0.717, 1.165) is 17.5 Å². The Morgan fingerprint density at radius 2 is 1.61 bits per heavy atom. The van der Waals surface area contributed by atoms with E-state index in [1.165, 1.54) is 23.9 Å². The van der Waals surface area contributed by atoms with Crippen molar-refractivity contribution in [2.45, 2.75) is 24.5 Å². The van der Waals surface area contributed by atoms with E-state index in [9.17, 15) is 19.5 Å². The minimum Gasteiger partial charge on any atom is -0.478 e. The Kier molecular flexibility index (Phi) is 8.52. The molecule has 2 N–H and O–H groups in total. The van der Waals surface area contributed by atoms with E-state index in [-0.39, 0.29) is 23.8 Å². The van der Waals surface area contributed by atoms with Gasteiger partial charge >= 0.3 is 5.97 Å². The highest BCUT2D eigenvalue weighted by Gasteiger charge is 2.35. The number of aromatic carboxylic acids is 1. The van der Waals surface area contributed by atoms with Crippen molar-refractivity contribution in [3.8, 4) is 0 Å². The summed E-state index contributed by atoms with van der Waals surface area (Å²) in [7, 11) is 0. The fourth-order valence-electron chi connectivity index (χ4n) is 3.86. The Balaban J connectivity index is 1.48. The molecule has 0 radical (unpaired) electrons. The van der Waals surface area contributed by atoms with Crippen LogP contribution in [0.2, 0.25) is 0 Å². The molecule has 0 aromatic heterocycles. The van der Waals surface area contributed by atoms with Crippen LogP contribution in [0, 0.1) is 0 Å². The molecule has 0 spiro atoms. The zero-order valence-corrected chi connectivity index (χ0v) is 20.5. The number of carboxylic acid groups (broad SMARTS) is 1. The third kappa shape index (κ3) is 6.82. The van der Waals surface area contributed by atoms with E-state index < -0.39 is 11.2 Å². The summed E-state index contributed by atoms with van der Waals surface area (Å²) in [6, 6.07) is 26.0. The van der Waals surface area contributed by atoms with E-state index in [4.69, 9.17) is 4.99 Å². The van der Waals surface area contributed by atoms with Crippen LogP contribution in [0.3, 0.4) is 0 Å². The van der Waals surface area contributed by atoms with E-state index in [1.54, 1.807) is 17.0 Å². The van der Waals surface area contributed by atoms with Gasteiger partial charge in [-0.1, -0.05) is 78.5 Å². The van der Waals surface area contributed by atoms with Crippen LogP contribution < -0.4 is 5.32 Å². The molecule has 0 bridgehead atoms. The van der Waals surface area contributed by atoms with Crippen LogP contribution in [0.15, 0.2) is 89.9 Å². The Hall–Kier alpha value is -3.91. The smallest absolute Gasteiger partial charge is 0.335 e. The third-order valence-electron chi connectivity index (χ3n) is 5.77. The molecule has 36 heavy (non-hydrogen) atoms. The van der Waals surface area contributed by atoms with Gasteiger partial charge < -0.3 is 10.4 Å². The van der Waals surface area contributed by atoms with Gasteiger partial charge in [-0.3, -0.25) is 19.5 Å². The number of nitrogens with one attached hydrogen (secondary N) is 1. The molecule has 1 saturated heterocycles. The van der Waals surface area contributed by atoms with E-state index in [2.05, 4.69) is 5.32 Å². The number of thioether (sulfide) groups is 1. The first-order valence-corrected chi connectivity index (χ1v) is 12.6. The Labute approximate surface area is 214 Å². The van der Waals surface area contributed by atoms with Crippen LogP contribution in [0.4, 0.5) is 5.69 Å². The number of benzene rings is 3. The minimum absolute atomic E-state index is 0.0433. The number of carbonyl (C=O) groups excluding carboxylic acids is 2. The fourth-order valence-corrected chi connectivity index (χ4v) is 4.99. The summed E-state index contributed by atoms with van der Waals surface area (Å²) >= 11 is 1.28. The van der Waals surface area contributed by atoms with Crippen molar-refractivity contribution < 1.29 is 19.5 Å². The van der Waals surface area contributed by atoms with Gasteiger partial charge in [-0.2, -0.15) is 0 Å². The average molecular weight is 502 g/mol. The highest BCUT2D eigenvalue weighted by Crippen LogP contribution is 2.28. The zero-order chi connectivity index (χ0) is 25.3. The summed E-state index contributed by atoms with van der Waals surface area (Å²) in [4.78, 5) is 43.8. The number of nitrogens with zero attached hydrogens (tertiary/aromatic N) is 2. The summed E-state index contributed by atoms with van der Waals surface area (Å²) in [5.74, 6) is -1.58. The number of anilines is 1. The Morgan fingerprint density at radius 1 is 0.944 bits per heavy atom. The Bertz CT molecular complexity index is 1250. The molecule has 184 valence electrons. The second-order valence-electron chi connectivity index (χ2n) is 8.37. The van der Waals surface area contributed by atoms with Crippen molar-refractivity contribution in [2.75, 3.05) is 18.4 Å². The van der Waals surface area contributed by atoms with Crippen LogP contribution in [0.5, 0.6) is 0 Å². The van der Waals surface area contributed by atoms with Gasteiger partial charge in [0.2, 0.25) is 11.8 Å². The molecule has 4 rings (SSSR count). The summed E-state index contributed by atoms with van der Waals surface area (Å²) in [5.41, 5.74) is 2.73. The van der Waals surface area contributed by atoms with Crippen molar-refractivity contribution in [3.05, 3.63) is 102 Å². The summed E-state index contributed by atoms with van der Waals surface area (Å²) in [6.07, 6.45) is 1.45. The maximum Gasteiger partial charge on any atom is 0.335 e. The molecule has 0 saturated carbocycles. The van der Waals surface area contributed by atoms with Crippen LogP contribution in [-0.2, 0) is 22.4 Å². The highest BCUT2D eigenvalue weighted by molar-refractivity contribution is 8.15. The second kappa shape index (κ2) is 12.2. The van der Waals surface area contributed by atoms with Crippen molar-refractivity contribution >= 4 is 40.4 Å². The number of hydrogen-bond donors (Lipinski definition) is 2. The first kappa shape index (κ1) is 25.2. The molecule has 1 heterocycles. The number of carboxylic acids is 1. The molecule has 1 aliphatic rings. The van der Waals surface area contributed by atoms with Gasteiger partial charge in [0.1, 0.15) is 5.25 Å². The number of amides is 2. The number of carbonyl (C=O) groups is 3. The molecule has 7 nitrogen and oxygen atoms in total. The number of aliphatic imine (C=N–C) groups is 1. The standard InChI is InChI=1S/C28H27N3O4S/c32-25-19-24(26(33)30-23-13-7-12-22(18-23)27(34)35)36-28(29-16-14-20-8-3-1-4-9-20)31(25)17-15-21-10-5-2-6-11-21/h1-13,18,24H,14-17,19H2,(H,30,33)(H,34,35)/t24-/m1/s1. The van der Waals surface area contributed by atoms with Crippen molar-refractivity contribution in [3.63, 3.8) is 0 Å². The molecule has 1 fully saturated rings. The highest BCUT2D eigenvalue weighted by atomic mass is 32.2. The molecular weight excluding hydrogens is 474 g/mol. The maximum absolute atomic E-state index is 13.1. The monoisotopic (exact) mass is 501 g/mol. The first-order chi connectivity index (χ1) is 17.5. The SMILES string of the molecule is O=C(O)c1cccc(NC(=O)[C@H]2CC(=O)N(CCc3ccccc3)C(=NCCc3ccccc3)S2)c1. The van der Waals surface area contributed by atoms with E-state index in [1.807, 2.05) is 60.7 Å². The molecule has 1 atom stereocenters. The van der Waals surface area contributed by atoms with Crippen LogP contribution in [-0.4, -0.2) is 51.3 Å². The van der Waals surface area contributed by atoms with Gasteiger partial charge in [0, 0.05) is 25.2 Å². The number of amidine groups is 1. The largest absolute Gasteiger partial charge is 0.478 e. The van der Waals surface area contributed by atoms with Gasteiger partial charge in [0.15, 0.2) is 5.17 Å². The zero-order valence-electron chi connectivity index (χ0n) is 19.7. The van der Waals surface area contributed by atoms with Crippen LogP contribution in [0.1, 0.15) is 27.9 Å². The predicted octanol–water partition coefficient (Wildman–Crippen LogP) is 4.50. The lowest BCUT2D eigenvalue weighted by Gasteiger charge is -2.32. The predicted molar refractivity (Wildman–Crippen MR) is 142 cm³/mol. The summed E-state index contributed by atoms with van der Waals surface area (Å²) in [5, 5.41) is 11.8. The molecule has 1 aliphatic heterocycles. The van der Waals surface area contributed by atoms with Crippen molar-refractivity contribution in [1.82, 2.24) is 4.90 Å². The summed E-state index contributed by atoms with van der Waals surface area (Å²) < 4.78 is 0. The van der Waals surface area contributed by atoms with Gasteiger partial charge in [-0.25, -0.2) is 4.79 Å². The van der Waals surface area contributed by atoms with Crippen LogP contribution in [0.25, 0.3) is 0 Å². The molecule has 3 aromatic rings. The van der Waals surface area contributed by atoms with Gasteiger partial charge in [-0.15, -0.1) is 0 Å². The topological polar surface area (TPSA) is 99.1 Å². The van der Waals surface area contributed by atoms with Crippen LogP contribution >= 0.6 is 11.8 Å². The molecule has 0 unspecified atom stereocenters. The van der Waals surface area contributed by atoms with Gasteiger partial charge in [-0.05, 0) is 42.2 Å². The lowest BCUT2D eigenvalue weighted by molar-refractivity contribution is -0.129. The van der Waals surface area contributed by atoms with E-state index in [0.29, 0.717) is 30.4 Å². The minimum atomic E-state index is -1.07. The lowest BCUT2D eigenvalue weighted by atomic mass is 10.1. The molecule has 8 heteroatoms. The first-order valence-electron chi connectivity index (χ1n) is 11.7. The summed E-state index contributed by atoms with van der Waals surface area (Å²) in [6.45, 7) is 0.978. The number of rotatable bonds is 9. The maximum atomic E-state index is 13.1.